The summed E-state index contributed by atoms with van der Waals surface area (Å²) in [5.41, 5.74) is 5.13. The number of unbranched alkanes of at least 4 members (excludes halogenated alkanes) is 4. The van der Waals surface area contributed by atoms with E-state index in [1.807, 2.05) is 0 Å². The third kappa shape index (κ3) is 9.13. The second-order valence-corrected chi connectivity index (χ2v) is 10.3. The zero-order chi connectivity index (χ0) is 26.3. The molecule has 0 bridgehead atoms. The van der Waals surface area contributed by atoms with Crippen molar-refractivity contribution in [2.75, 3.05) is 6.61 Å². The van der Waals surface area contributed by atoms with Gasteiger partial charge in [0.1, 0.15) is 5.75 Å². The van der Waals surface area contributed by atoms with Crippen molar-refractivity contribution in [3.05, 3.63) is 95.6 Å². The lowest BCUT2D eigenvalue weighted by Crippen LogP contribution is -2.08. The Hall–Kier alpha value is -3.47. The van der Waals surface area contributed by atoms with Gasteiger partial charge in [-0.15, -0.1) is 10.2 Å². The van der Waals surface area contributed by atoms with Crippen molar-refractivity contribution in [1.82, 2.24) is 20.6 Å². The van der Waals surface area contributed by atoms with E-state index in [0.717, 1.165) is 43.6 Å². The summed E-state index contributed by atoms with van der Waals surface area (Å²) in [6.45, 7) is 3.07. The first kappa shape index (κ1) is 27.6. The maximum Gasteiger partial charge on any atom is 0.204 e. The van der Waals surface area contributed by atoms with E-state index in [9.17, 15) is 0 Å². The van der Waals surface area contributed by atoms with Gasteiger partial charge >= 0.3 is 0 Å². The molecule has 38 heavy (non-hydrogen) atoms. The fraction of sp³-hybridized carbons (Fsp3) is 0.424. The van der Waals surface area contributed by atoms with Crippen molar-refractivity contribution < 1.29 is 4.74 Å². The monoisotopic (exact) mass is 510 g/mol. The summed E-state index contributed by atoms with van der Waals surface area (Å²) in [5, 5.41) is 14.4. The molecule has 4 rings (SSSR count). The number of H-pyrrole nitrogens is 1. The van der Waals surface area contributed by atoms with E-state index in [1.54, 1.807) is 0 Å². The summed E-state index contributed by atoms with van der Waals surface area (Å²) in [6.07, 6.45) is 13.1. The topological polar surface area (TPSA) is 63.7 Å². The molecule has 0 aliphatic heterocycles. The van der Waals surface area contributed by atoms with Crippen LogP contribution in [0.2, 0.25) is 0 Å². The molecule has 5 heteroatoms. The van der Waals surface area contributed by atoms with Crippen LogP contribution in [-0.2, 0) is 19.3 Å². The lowest BCUT2D eigenvalue weighted by Gasteiger charge is -2.19. The molecule has 0 amide bonds. The predicted molar refractivity (Wildman–Crippen MR) is 155 cm³/mol. The Bertz CT molecular complexity index is 1160. The number of aryl methyl sites for hydroxylation is 2. The number of rotatable bonds is 17. The number of hydrogen-bond donors (Lipinski definition) is 1. The van der Waals surface area contributed by atoms with Crippen LogP contribution in [0, 0.1) is 5.92 Å². The van der Waals surface area contributed by atoms with Gasteiger partial charge in [0.2, 0.25) is 5.82 Å². The lowest BCUT2D eigenvalue weighted by atomic mass is 9.88. The van der Waals surface area contributed by atoms with Gasteiger partial charge in [0, 0.05) is 5.56 Å². The first-order valence-corrected chi connectivity index (χ1v) is 14.4. The van der Waals surface area contributed by atoms with Crippen LogP contribution >= 0.6 is 0 Å². The summed E-state index contributed by atoms with van der Waals surface area (Å²) in [5.74, 6) is 2.36. The molecule has 1 aromatic heterocycles. The standard InChI is InChI=1S/C33H42N4O/c1-2-3-6-16-28(26-29-20-23-31(24-21-29)33-34-36-37-35-33)19-22-30-17-10-11-18-32(30)38-25-12-5-9-15-27-13-7-4-8-14-27/h4,7-8,10-11,13-14,17-18,20-21,23-24,28H,2-3,5-6,9,12,15-16,19,22,25-26H2,1H3,(H,34,35,36,37). The summed E-state index contributed by atoms with van der Waals surface area (Å²) < 4.78 is 6.27. The number of ether oxygens (including phenoxy) is 1. The Morgan fingerprint density at radius 1 is 0.737 bits per heavy atom. The highest BCUT2D eigenvalue weighted by Gasteiger charge is 2.13. The maximum absolute atomic E-state index is 6.27. The number of tetrazole rings is 1. The Kier molecular flexibility index (Phi) is 11.4. The molecule has 1 atom stereocenters. The Balaban J connectivity index is 1.26. The SMILES string of the molecule is CCCCCC(CCc1ccccc1OCCCCCc1ccccc1)Cc1ccc(-c2nn[nH]n2)cc1. The van der Waals surface area contributed by atoms with Crippen LogP contribution in [0.3, 0.4) is 0 Å². The molecule has 0 saturated carbocycles. The van der Waals surface area contributed by atoms with Crippen LogP contribution in [-0.4, -0.2) is 27.2 Å². The zero-order valence-corrected chi connectivity index (χ0v) is 22.8. The number of aromatic nitrogens is 4. The molecule has 0 fully saturated rings. The van der Waals surface area contributed by atoms with Crippen molar-refractivity contribution in [3.63, 3.8) is 0 Å². The fourth-order valence-electron chi connectivity index (χ4n) is 5.08. The van der Waals surface area contributed by atoms with Gasteiger partial charge in [-0.25, -0.2) is 0 Å². The molecule has 0 radical (unpaired) electrons. The second kappa shape index (κ2) is 15.7. The van der Waals surface area contributed by atoms with Gasteiger partial charge in [0.05, 0.1) is 6.61 Å². The fourth-order valence-corrected chi connectivity index (χ4v) is 5.08. The largest absolute Gasteiger partial charge is 0.493 e. The van der Waals surface area contributed by atoms with Crippen LogP contribution in [0.4, 0.5) is 0 Å². The molecule has 1 N–H and O–H groups in total. The summed E-state index contributed by atoms with van der Waals surface area (Å²) in [6, 6.07) is 28.0. The van der Waals surface area contributed by atoms with E-state index in [-0.39, 0.29) is 0 Å². The number of nitrogens with one attached hydrogen (secondary N) is 1. The van der Waals surface area contributed by atoms with Crippen LogP contribution in [0.15, 0.2) is 78.9 Å². The molecule has 0 aliphatic carbocycles. The number of benzene rings is 3. The molecule has 3 aromatic carbocycles. The van der Waals surface area contributed by atoms with Gasteiger partial charge in [-0.1, -0.05) is 105 Å². The van der Waals surface area contributed by atoms with Crippen molar-refractivity contribution >= 4 is 0 Å². The van der Waals surface area contributed by atoms with Gasteiger partial charge in [0.25, 0.3) is 0 Å². The van der Waals surface area contributed by atoms with E-state index < -0.39 is 0 Å². The van der Waals surface area contributed by atoms with Crippen LogP contribution in [0.1, 0.15) is 75.0 Å². The summed E-state index contributed by atoms with van der Waals surface area (Å²) in [4.78, 5) is 0. The van der Waals surface area contributed by atoms with Gasteiger partial charge in [-0.3, -0.25) is 0 Å². The van der Waals surface area contributed by atoms with E-state index in [0.29, 0.717) is 11.7 Å². The minimum Gasteiger partial charge on any atom is -0.493 e. The van der Waals surface area contributed by atoms with Crippen LogP contribution in [0.25, 0.3) is 11.4 Å². The molecule has 4 aromatic rings. The molecule has 200 valence electrons. The Morgan fingerprint density at radius 2 is 1.55 bits per heavy atom. The molecule has 0 saturated heterocycles. The van der Waals surface area contributed by atoms with Gasteiger partial charge in [0.15, 0.2) is 0 Å². The smallest absolute Gasteiger partial charge is 0.204 e. The van der Waals surface area contributed by atoms with Gasteiger partial charge < -0.3 is 4.74 Å². The lowest BCUT2D eigenvalue weighted by molar-refractivity contribution is 0.301. The van der Waals surface area contributed by atoms with E-state index in [1.165, 1.54) is 61.6 Å². The summed E-state index contributed by atoms with van der Waals surface area (Å²) in [7, 11) is 0. The first-order chi connectivity index (χ1) is 18.8. The highest BCUT2D eigenvalue weighted by molar-refractivity contribution is 5.54. The Morgan fingerprint density at radius 3 is 2.34 bits per heavy atom. The molecular formula is C33H42N4O. The van der Waals surface area contributed by atoms with Crippen molar-refractivity contribution in [3.8, 4) is 17.1 Å². The molecule has 1 unspecified atom stereocenters. The zero-order valence-electron chi connectivity index (χ0n) is 22.8. The molecule has 5 nitrogen and oxygen atoms in total. The van der Waals surface area contributed by atoms with Crippen molar-refractivity contribution in [1.29, 1.82) is 0 Å². The normalized spacial score (nSPS) is 11.9. The Labute approximate surface area is 228 Å². The third-order valence-electron chi connectivity index (χ3n) is 7.30. The van der Waals surface area contributed by atoms with Crippen LogP contribution in [0.5, 0.6) is 5.75 Å². The molecular weight excluding hydrogens is 468 g/mol. The highest BCUT2D eigenvalue weighted by atomic mass is 16.5. The van der Waals surface area contributed by atoms with Crippen molar-refractivity contribution in [2.45, 2.75) is 77.6 Å². The van der Waals surface area contributed by atoms with Crippen LogP contribution < -0.4 is 4.74 Å². The average Bonchev–Trinajstić information content (AvgIpc) is 3.50. The number of nitrogens with zero attached hydrogens (tertiary/aromatic N) is 3. The molecule has 0 spiro atoms. The quantitative estimate of drug-likeness (QED) is 0.146. The van der Waals surface area contributed by atoms with E-state index >= 15 is 0 Å². The molecule has 1 heterocycles. The van der Waals surface area contributed by atoms with E-state index in [4.69, 9.17) is 4.74 Å². The van der Waals surface area contributed by atoms with Crippen molar-refractivity contribution in [2.24, 2.45) is 5.92 Å². The highest BCUT2D eigenvalue weighted by Crippen LogP contribution is 2.26. The predicted octanol–water partition coefficient (Wildman–Crippen LogP) is 8.03. The minimum atomic E-state index is 0.642. The number of para-hydroxylation sites is 1. The van der Waals surface area contributed by atoms with Gasteiger partial charge in [-0.05, 0) is 78.8 Å². The van der Waals surface area contributed by atoms with Gasteiger partial charge in [-0.2, -0.15) is 5.21 Å². The number of aromatic amines is 1. The molecule has 0 aliphatic rings. The first-order valence-electron chi connectivity index (χ1n) is 14.4. The van der Waals surface area contributed by atoms with E-state index in [2.05, 4.69) is 106 Å². The summed E-state index contributed by atoms with van der Waals surface area (Å²) >= 11 is 0. The second-order valence-electron chi connectivity index (χ2n) is 10.3. The average molecular weight is 511 g/mol. The minimum absolute atomic E-state index is 0.642. The number of hydrogen-bond acceptors (Lipinski definition) is 4. The third-order valence-corrected chi connectivity index (χ3v) is 7.30. The maximum atomic E-state index is 6.27.